The number of rotatable bonds is 10. The van der Waals surface area contributed by atoms with Gasteiger partial charge in [-0.3, -0.25) is 0 Å². The van der Waals surface area contributed by atoms with Gasteiger partial charge in [-0.2, -0.15) is 0 Å². The number of ether oxygens (including phenoxy) is 5. The molecule has 1 aliphatic rings. The molecule has 0 bridgehead atoms. The second-order valence-corrected chi connectivity index (χ2v) is 8.55. The molecule has 7 nitrogen and oxygen atoms in total. The van der Waals surface area contributed by atoms with E-state index >= 15 is 0 Å². The van der Waals surface area contributed by atoms with Gasteiger partial charge in [0.05, 0.1) is 23.8 Å². The lowest BCUT2D eigenvalue weighted by Gasteiger charge is -2.30. The van der Waals surface area contributed by atoms with E-state index in [1.807, 2.05) is 49.4 Å². The van der Waals surface area contributed by atoms with Crippen LogP contribution in [0.2, 0.25) is 0 Å². The fourth-order valence-electron chi connectivity index (χ4n) is 4.20. The molecular weight excluding hydrogens is 460 g/mol. The van der Waals surface area contributed by atoms with Gasteiger partial charge in [-0.05, 0) is 29.8 Å². The molecule has 0 radical (unpaired) electrons. The fourth-order valence-corrected chi connectivity index (χ4v) is 4.20. The average molecular weight is 491 g/mol. The Balaban J connectivity index is 1.51. The van der Waals surface area contributed by atoms with E-state index in [-0.39, 0.29) is 18.9 Å². The minimum Gasteiger partial charge on any atom is -0.462 e. The predicted molar refractivity (Wildman–Crippen MR) is 132 cm³/mol. The number of hydrogen-bond acceptors (Lipinski definition) is 7. The van der Waals surface area contributed by atoms with Gasteiger partial charge in [0.25, 0.3) is 6.48 Å². The topological polar surface area (TPSA) is 80.3 Å². The van der Waals surface area contributed by atoms with E-state index in [1.165, 1.54) is 7.11 Å². The first-order chi connectivity index (χ1) is 17.6. The van der Waals surface area contributed by atoms with Crippen LogP contribution in [0.1, 0.15) is 45.7 Å². The average Bonchev–Trinajstić information content (AvgIpc) is 3.38. The number of esters is 2. The summed E-state index contributed by atoms with van der Waals surface area (Å²) >= 11 is 0. The van der Waals surface area contributed by atoms with E-state index in [0.29, 0.717) is 11.1 Å². The smallest absolute Gasteiger partial charge is 0.338 e. The van der Waals surface area contributed by atoms with Crippen molar-refractivity contribution < 1.29 is 33.3 Å². The minimum absolute atomic E-state index is 0.0715. The lowest BCUT2D eigenvalue weighted by molar-refractivity contribution is -0.232. The Bertz CT molecular complexity index is 1100. The van der Waals surface area contributed by atoms with Crippen molar-refractivity contribution in [3.63, 3.8) is 0 Å². The maximum Gasteiger partial charge on any atom is 0.338 e. The normalized spacial score (nSPS) is 20.9. The molecule has 1 heterocycles. The number of methoxy groups -OCH3 is 1. The molecule has 0 amide bonds. The Labute approximate surface area is 210 Å². The van der Waals surface area contributed by atoms with Gasteiger partial charge < -0.3 is 23.7 Å². The highest BCUT2D eigenvalue weighted by Crippen LogP contribution is 2.39. The predicted octanol–water partition coefficient (Wildman–Crippen LogP) is 5.18. The third-order valence-corrected chi connectivity index (χ3v) is 6.16. The summed E-state index contributed by atoms with van der Waals surface area (Å²) in [7, 11) is 1.51. The van der Waals surface area contributed by atoms with Crippen molar-refractivity contribution in [3.05, 3.63) is 108 Å². The molecule has 5 atom stereocenters. The minimum atomic E-state index is -0.843. The molecule has 1 unspecified atom stereocenters. The van der Waals surface area contributed by atoms with Crippen molar-refractivity contribution in [1.29, 1.82) is 0 Å². The molecule has 36 heavy (non-hydrogen) atoms. The first-order valence-electron chi connectivity index (χ1n) is 11.9. The molecule has 1 fully saturated rings. The van der Waals surface area contributed by atoms with Gasteiger partial charge in [-0.15, -0.1) is 0 Å². The van der Waals surface area contributed by atoms with Gasteiger partial charge in [-0.25, -0.2) is 9.59 Å². The van der Waals surface area contributed by atoms with E-state index in [0.717, 1.165) is 5.56 Å². The summed E-state index contributed by atoms with van der Waals surface area (Å²) in [5.41, 5.74) is 1.83. The molecule has 3 aromatic carbocycles. The standard InChI is InChI=1S/C29H30O7/c1-20(25-26(36-29(32-2)35-25)21-12-6-3-7-13-21)24(34-28(31)23-16-10-5-11-17-23)18-19-33-27(30)22-14-8-4-9-15-22/h3-17,20,24-26,29H,18-19H2,1-2H3/t20-,24-,25+,26+,29?/m0/s1. The molecule has 0 N–H and O–H groups in total. The molecule has 7 heteroatoms. The second kappa shape index (κ2) is 12.4. The molecule has 3 aromatic rings. The van der Waals surface area contributed by atoms with Crippen LogP contribution in [0.5, 0.6) is 0 Å². The van der Waals surface area contributed by atoms with Gasteiger partial charge >= 0.3 is 11.9 Å². The molecule has 4 rings (SSSR count). The number of benzene rings is 3. The lowest BCUT2D eigenvalue weighted by Crippen LogP contribution is -2.37. The summed E-state index contributed by atoms with van der Waals surface area (Å²) in [6, 6.07) is 27.2. The fraction of sp³-hybridized carbons (Fsp3) is 0.310. The summed E-state index contributed by atoms with van der Waals surface area (Å²) in [4.78, 5) is 25.4. The Morgan fingerprint density at radius 2 is 1.36 bits per heavy atom. The summed E-state index contributed by atoms with van der Waals surface area (Å²) in [6.07, 6.45) is -1.21. The van der Waals surface area contributed by atoms with Crippen LogP contribution in [0.25, 0.3) is 0 Å². The van der Waals surface area contributed by atoms with Crippen molar-refractivity contribution in [2.24, 2.45) is 5.92 Å². The van der Waals surface area contributed by atoms with Gasteiger partial charge in [0.2, 0.25) is 0 Å². The van der Waals surface area contributed by atoms with Crippen molar-refractivity contribution in [1.82, 2.24) is 0 Å². The number of hydrogen-bond donors (Lipinski definition) is 0. The molecule has 0 aromatic heterocycles. The van der Waals surface area contributed by atoms with Crippen molar-refractivity contribution >= 4 is 11.9 Å². The Kier molecular flexibility index (Phi) is 8.84. The van der Waals surface area contributed by atoms with Gasteiger partial charge in [0, 0.05) is 19.4 Å². The Morgan fingerprint density at radius 3 is 1.94 bits per heavy atom. The third kappa shape index (κ3) is 6.37. The van der Waals surface area contributed by atoms with Gasteiger partial charge in [0.1, 0.15) is 12.2 Å². The maximum absolute atomic E-state index is 12.9. The maximum atomic E-state index is 12.9. The van der Waals surface area contributed by atoms with Crippen LogP contribution in [0.15, 0.2) is 91.0 Å². The van der Waals surface area contributed by atoms with Crippen LogP contribution in [-0.2, 0) is 23.7 Å². The first kappa shape index (κ1) is 25.6. The molecule has 1 saturated heterocycles. The molecular formula is C29H30O7. The molecule has 1 aliphatic heterocycles. The second-order valence-electron chi connectivity index (χ2n) is 8.55. The summed E-state index contributed by atoms with van der Waals surface area (Å²) < 4.78 is 28.8. The highest BCUT2D eigenvalue weighted by molar-refractivity contribution is 5.89. The Hall–Kier alpha value is -3.52. The van der Waals surface area contributed by atoms with Crippen LogP contribution in [0.4, 0.5) is 0 Å². The van der Waals surface area contributed by atoms with Crippen LogP contribution in [0.3, 0.4) is 0 Å². The van der Waals surface area contributed by atoms with Crippen LogP contribution < -0.4 is 0 Å². The van der Waals surface area contributed by atoms with Crippen LogP contribution in [0, 0.1) is 5.92 Å². The van der Waals surface area contributed by atoms with E-state index in [4.69, 9.17) is 23.7 Å². The zero-order chi connectivity index (χ0) is 25.3. The summed E-state index contributed by atoms with van der Waals surface area (Å²) in [5.74, 6) is -1.20. The van der Waals surface area contributed by atoms with Crippen molar-refractivity contribution in [2.75, 3.05) is 13.7 Å². The van der Waals surface area contributed by atoms with Crippen LogP contribution in [-0.4, -0.2) is 44.3 Å². The van der Waals surface area contributed by atoms with Crippen molar-refractivity contribution in [2.45, 2.75) is 38.1 Å². The largest absolute Gasteiger partial charge is 0.462 e. The Morgan fingerprint density at radius 1 is 0.806 bits per heavy atom. The van der Waals surface area contributed by atoms with E-state index in [2.05, 4.69) is 0 Å². The molecule has 0 aliphatic carbocycles. The number of carbonyl (C=O) groups is 2. The van der Waals surface area contributed by atoms with Crippen molar-refractivity contribution in [3.8, 4) is 0 Å². The van der Waals surface area contributed by atoms with E-state index in [9.17, 15) is 9.59 Å². The number of carbonyl (C=O) groups excluding carboxylic acids is 2. The molecule has 188 valence electrons. The zero-order valence-electron chi connectivity index (χ0n) is 20.3. The first-order valence-corrected chi connectivity index (χ1v) is 11.9. The van der Waals surface area contributed by atoms with Gasteiger partial charge in [-0.1, -0.05) is 73.7 Å². The van der Waals surface area contributed by atoms with E-state index in [1.54, 1.807) is 48.5 Å². The quantitative estimate of drug-likeness (QED) is 0.362. The van der Waals surface area contributed by atoms with Crippen LogP contribution >= 0.6 is 0 Å². The van der Waals surface area contributed by atoms with E-state index < -0.39 is 36.7 Å². The molecule has 0 saturated carbocycles. The SMILES string of the molecule is COC1O[C@H]([C@@H](C)[C@H](CCOC(=O)c2ccccc2)OC(=O)c2ccccc2)[C@@H](c2ccccc2)O1. The molecule has 0 spiro atoms. The van der Waals surface area contributed by atoms with Gasteiger partial charge in [0.15, 0.2) is 0 Å². The zero-order valence-corrected chi connectivity index (χ0v) is 20.3. The monoisotopic (exact) mass is 490 g/mol. The third-order valence-electron chi connectivity index (χ3n) is 6.16. The summed E-state index contributed by atoms with van der Waals surface area (Å²) in [5, 5.41) is 0. The highest BCUT2D eigenvalue weighted by Gasteiger charge is 2.44. The highest BCUT2D eigenvalue weighted by atomic mass is 16.9. The summed E-state index contributed by atoms with van der Waals surface area (Å²) in [6.45, 7) is 1.16. The lowest BCUT2D eigenvalue weighted by atomic mass is 9.89.